The molecule has 2 aromatic rings. The van der Waals surface area contributed by atoms with Crippen molar-refractivity contribution in [1.82, 2.24) is 0 Å². The minimum Gasteiger partial charge on any atom is -0.484 e. The van der Waals surface area contributed by atoms with E-state index in [-0.39, 0.29) is 11.9 Å². The molecule has 0 spiro atoms. The van der Waals surface area contributed by atoms with Gasteiger partial charge in [-0.25, -0.2) is 4.58 Å². The Balaban J connectivity index is 1.99. The molecule has 1 unspecified atom stereocenters. The van der Waals surface area contributed by atoms with Gasteiger partial charge in [-0.15, -0.1) is 0 Å². The Morgan fingerprint density at radius 2 is 1.87 bits per heavy atom. The topological polar surface area (TPSA) is 56.3 Å². The molecule has 5 heteroatoms. The first-order valence-electron chi connectivity index (χ1n) is 10.3. The lowest BCUT2D eigenvalue weighted by Gasteiger charge is -2.32. The van der Waals surface area contributed by atoms with E-state index in [4.69, 9.17) is 4.74 Å². The second-order valence-electron chi connectivity index (χ2n) is 8.36. The van der Waals surface area contributed by atoms with Crippen molar-refractivity contribution in [2.24, 2.45) is 0 Å². The van der Waals surface area contributed by atoms with E-state index in [1.165, 1.54) is 12.6 Å². The molecule has 0 bridgehead atoms. The Morgan fingerprint density at radius 1 is 1.13 bits per heavy atom. The van der Waals surface area contributed by atoms with Gasteiger partial charge in [-0.05, 0) is 31.2 Å². The van der Waals surface area contributed by atoms with Gasteiger partial charge >= 0.3 is 0 Å². The van der Waals surface area contributed by atoms with Crippen LogP contribution in [0.25, 0.3) is 5.57 Å². The van der Waals surface area contributed by atoms with Crippen LogP contribution in [0.2, 0.25) is 0 Å². The van der Waals surface area contributed by atoms with Gasteiger partial charge in [-0.2, -0.15) is 5.26 Å². The van der Waals surface area contributed by atoms with Gasteiger partial charge in [0, 0.05) is 59.8 Å². The molecule has 2 aliphatic rings. The summed E-state index contributed by atoms with van der Waals surface area (Å²) in [6.45, 7) is 1.52. The number of benzene rings is 2. The maximum atomic E-state index is 11.9. The zero-order valence-corrected chi connectivity index (χ0v) is 18.6. The Kier molecular flexibility index (Phi) is 5.24. The monoisotopic (exact) mass is 412 g/mol. The van der Waals surface area contributed by atoms with Crippen LogP contribution in [-0.4, -0.2) is 50.4 Å². The highest BCUT2D eigenvalue weighted by molar-refractivity contribution is 5.99. The maximum Gasteiger partial charge on any atom is 0.179 e. The highest BCUT2D eigenvalue weighted by Gasteiger charge is 2.34. The molecule has 2 aromatic carbocycles. The van der Waals surface area contributed by atoms with Gasteiger partial charge in [0.25, 0.3) is 0 Å². The Labute approximate surface area is 183 Å². The van der Waals surface area contributed by atoms with Crippen molar-refractivity contribution in [3.8, 4) is 11.8 Å². The first-order valence-corrected chi connectivity index (χ1v) is 10.3. The number of ketones is 1. The highest BCUT2D eigenvalue weighted by atomic mass is 16.5. The number of ether oxygens (including phenoxy) is 1. The van der Waals surface area contributed by atoms with E-state index < -0.39 is 0 Å². The number of anilines is 1. The fraction of sp³-hybridized carbons (Fsp3) is 0.269. The molecule has 156 valence electrons. The third-order valence-electron chi connectivity index (χ3n) is 5.90. The molecule has 1 aliphatic carbocycles. The summed E-state index contributed by atoms with van der Waals surface area (Å²) >= 11 is 0. The first kappa shape index (κ1) is 20.6. The zero-order valence-electron chi connectivity index (χ0n) is 18.6. The molecule has 0 saturated carbocycles. The molecule has 1 heterocycles. The lowest BCUT2D eigenvalue weighted by atomic mass is 9.82. The number of carbonyl (C=O) groups excluding carboxylic acids is 1. The summed E-state index contributed by atoms with van der Waals surface area (Å²) in [6.07, 6.45) is 4.83. The number of fused-ring (bicyclic) bond motifs is 2. The van der Waals surface area contributed by atoms with Crippen LogP contribution in [0.3, 0.4) is 0 Å². The summed E-state index contributed by atoms with van der Waals surface area (Å²) in [5, 5.41) is 9.88. The average molecular weight is 413 g/mol. The summed E-state index contributed by atoms with van der Waals surface area (Å²) in [5.74, 6) is 0.757. The molecular weight excluding hydrogens is 386 g/mol. The van der Waals surface area contributed by atoms with Crippen LogP contribution in [0.15, 0.2) is 54.1 Å². The molecule has 5 nitrogen and oxygen atoms in total. The van der Waals surface area contributed by atoms with Crippen molar-refractivity contribution < 1.29 is 14.1 Å². The standard InChI is InChI=1S/C26H26N3O2/c1-16(30)17-6-9-21(18(12-17)15-27)26-22-10-7-19(28(2)3)13-24(22)31-25-14-20(29(4)5)8-11-23(25)26/h6-13,25H,14H2,1-5H3/q+1. The van der Waals surface area contributed by atoms with Gasteiger partial charge in [0.05, 0.1) is 18.1 Å². The predicted octanol–water partition coefficient (Wildman–Crippen LogP) is 4.06. The quantitative estimate of drug-likeness (QED) is 0.563. The third kappa shape index (κ3) is 3.66. The van der Waals surface area contributed by atoms with Crippen molar-refractivity contribution in [1.29, 1.82) is 5.26 Å². The summed E-state index contributed by atoms with van der Waals surface area (Å²) in [5.41, 5.74) is 7.12. The van der Waals surface area contributed by atoms with E-state index in [2.05, 4.69) is 41.0 Å². The second-order valence-corrected chi connectivity index (χ2v) is 8.36. The first-order chi connectivity index (χ1) is 14.8. The Morgan fingerprint density at radius 3 is 2.52 bits per heavy atom. The number of hydrogen-bond donors (Lipinski definition) is 0. The third-order valence-corrected chi connectivity index (χ3v) is 5.90. The second kappa shape index (κ2) is 7.88. The number of Topliss-reactive ketones (excluding diaryl/α,β-unsaturated/α-hetero) is 1. The number of allylic oxidation sites excluding steroid dienone is 1. The average Bonchev–Trinajstić information content (AvgIpc) is 2.76. The van der Waals surface area contributed by atoms with Gasteiger partial charge in [0.15, 0.2) is 11.5 Å². The van der Waals surface area contributed by atoms with E-state index in [1.807, 2.05) is 39.2 Å². The fourth-order valence-electron chi connectivity index (χ4n) is 4.12. The van der Waals surface area contributed by atoms with Crippen LogP contribution in [0.1, 0.15) is 40.4 Å². The molecule has 0 amide bonds. The normalized spacial score (nSPS) is 16.8. The number of rotatable bonds is 3. The van der Waals surface area contributed by atoms with Crippen molar-refractivity contribution in [2.45, 2.75) is 19.4 Å². The lowest BCUT2D eigenvalue weighted by molar-refractivity contribution is -0.465. The SMILES string of the molecule is CC(=O)c1ccc(C2=C3C=CC(=[N+](C)C)CC3Oc3cc(N(C)C)ccc32)c(C#N)c1. The van der Waals surface area contributed by atoms with Gasteiger partial charge in [-0.1, -0.05) is 12.1 Å². The Bertz CT molecular complexity index is 1220. The van der Waals surface area contributed by atoms with Gasteiger partial charge in [0.1, 0.15) is 25.9 Å². The molecule has 31 heavy (non-hydrogen) atoms. The largest absolute Gasteiger partial charge is 0.484 e. The van der Waals surface area contributed by atoms with Crippen LogP contribution < -0.4 is 9.64 Å². The van der Waals surface area contributed by atoms with E-state index in [0.717, 1.165) is 40.1 Å². The summed E-state index contributed by atoms with van der Waals surface area (Å²) < 4.78 is 8.58. The molecule has 4 rings (SSSR count). The van der Waals surface area contributed by atoms with Crippen LogP contribution in [-0.2, 0) is 0 Å². The van der Waals surface area contributed by atoms with Crippen molar-refractivity contribution in [3.05, 3.63) is 76.4 Å². The van der Waals surface area contributed by atoms with Crippen LogP contribution >= 0.6 is 0 Å². The highest BCUT2D eigenvalue weighted by Crippen LogP contribution is 2.44. The van der Waals surface area contributed by atoms with Crippen molar-refractivity contribution in [2.75, 3.05) is 33.1 Å². The smallest absolute Gasteiger partial charge is 0.179 e. The summed E-state index contributed by atoms with van der Waals surface area (Å²) in [6, 6.07) is 13.8. The van der Waals surface area contributed by atoms with Crippen LogP contribution in [0, 0.1) is 11.3 Å². The van der Waals surface area contributed by atoms with Gasteiger partial charge in [-0.3, -0.25) is 4.79 Å². The Hall–Kier alpha value is -3.65. The molecule has 0 radical (unpaired) electrons. The zero-order chi connectivity index (χ0) is 22.3. The van der Waals surface area contributed by atoms with E-state index in [0.29, 0.717) is 11.1 Å². The molecule has 0 fully saturated rings. The van der Waals surface area contributed by atoms with E-state index in [1.54, 1.807) is 12.1 Å². The number of nitrogens with zero attached hydrogens (tertiary/aromatic N) is 3. The summed E-state index contributed by atoms with van der Waals surface area (Å²) in [4.78, 5) is 13.9. The van der Waals surface area contributed by atoms with Gasteiger partial charge < -0.3 is 9.64 Å². The van der Waals surface area contributed by atoms with E-state index in [9.17, 15) is 10.1 Å². The molecule has 0 aromatic heterocycles. The molecule has 0 N–H and O–H groups in total. The molecule has 0 saturated heterocycles. The summed E-state index contributed by atoms with van der Waals surface area (Å²) in [7, 11) is 8.07. The van der Waals surface area contributed by atoms with Crippen LogP contribution in [0.5, 0.6) is 5.75 Å². The van der Waals surface area contributed by atoms with E-state index >= 15 is 0 Å². The maximum absolute atomic E-state index is 11.9. The minimum atomic E-state index is -0.138. The number of hydrogen-bond acceptors (Lipinski definition) is 4. The van der Waals surface area contributed by atoms with Crippen LogP contribution in [0.4, 0.5) is 5.69 Å². The number of carbonyl (C=O) groups is 1. The molecular formula is C26H26N3O2+. The van der Waals surface area contributed by atoms with Crippen molar-refractivity contribution in [3.63, 3.8) is 0 Å². The van der Waals surface area contributed by atoms with Crippen molar-refractivity contribution >= 4 is 22.8 Å². The minimum absolute atomic E-state index is 0.0515. The molecule has 1 aliphatic heterocycles. The fourth-order valence-corrected chi connectivity index (χ4v) is 4.12. The lowest BCUT2D eigenvalue weighted by Crippen LogP contribution is -2.32. The number of nitriles is 1. The van der Waals surface area contributed by atoms with Gasteiger partial charge in [0.2, 0.25) is 0 Å². The molecule has 1 atom stereocenters. The predicted molar refractivity (Wildman–Crippen MR) is 123 cm³/mol.